The van der Waals surface area contributed by atoms with E-state index in [2.05, 4.69) is 36.0 Å². The summed E-state index contributed by atoms with van der Waals surface area (Å²) in [5.41, 5.74) is 7.05. The van der Waals surface area contributed by atoms with Gasteiger partial charge in [0.25, 0.3) is 0 Å². The van der Waals surface area contributed by atoms with Crippen LogP contribution in [0.15, 0.2) is 12.4 Å². The van der Waals surface area contributed by atoms with E-state index in [0.29, 0.717) is 6.54 Å². The summed E-state index contributed by atoms with van der Waals surface area (Å²) in [6, 6.07) is 0.269. The Hall–Kier alpha value is -0.910. The highest BCUT2D eigenvalue weighted by molar-refractivity contribution is 5.10. The second kappa shape index (κ2) is 6.74. The average Bonchev–Trinajstić information content (AvgIpc) is 2.65. The van der Waals surface area contributed by atoms with Crippen molar-refractivity contribution in [2.45, 2.75) is 12.5 Å². The van der Waals surface area contributed by atoms with Crippen LogP contribution in [0.3, 0.4) is 0 Å². The first kappa shape index (κ1) is 14.2. The molecule has 2 N–H and O–H groups in total. The lowest BCUT2D eigenvalue weighted by Crippen LogP contribution is -2.32. The minimum absolute atomic E-state index is 0.269. The highest BCUT2D eigenvalue weighted by Gasteiger charge is 2.16. The van der Waals surface area contributed by atoms with Gasteiger partial charge < -0.3 is 10.6 Å². The molecule has 98 valence electrons. The average molecular weight is 239 g/mol. The van der Waals surface area contributed by atoms with Gasteiger partial charge >= 0.3 is 0 Å². The Morgan fingerprint density at radius 3 is 2.53 bits per heavy atom. The van der Waals surface area contributed by atoms with Crippen molar-refractivity contribution in [3.8, 4) is 0 Å². The Kier molecular flexibility index (Phi) is 5.61. The maximum absolute atomic E-state index is 5.86. The van der Waals surface area contributed by atoms with Crippen molar-refractivity contribution >= 4 is 0 Å². The van der Waals surface area contributed by atoms with Crippen LogP contribution in [0.25, 0.3) is 0 Å². The SMILES string of the molecule is CN(C)CCCN(C)C(CN)c1cnn(C)c1. The summed E-state index contributed by atoms with van der Waals surface area (Å²) in [5, 5.41) is 4.20. The van der Waals surface area contributed by atoms with E-state index in [4.69, 9.17) is 5.73 Å². The van der Waals surface area contributed by atoms with Gasteiger partial charge in [-0.1, -0.05) is 0 Å². The first-order valence-corrected chi connectivity index (χ1v) is 6.08. The summed E-state index contributed by atoms with van der Waals surface area (Å²) < 4.78 is 1.83. The van der Waals surface area contributed by atoms with Crippen LogP contribution in [0.4, 0.5) is 0 Å². The first-order chi connectivity index (χ1) is 8.04. The number of nitrogens with zero attached hydrogens (tertiary/aromatic N) is 4. The van der Waals surface area contributed by atoms with E-state index >= 15 is 0 Å². The molecule has 1 unspecified atom stereocenters. The molecule has 0 saturated heterocycles. The van der Waals surface area contributed by atoms with Crippen molar-refractivity contribution in [3.05, 3.63) is 18.0 Å². The molecule has 0 spiro atoms. The molecule has 17 heavy (non-hydrogen) atoms. The topological polar surface area (TPSA) is 50.3 Å². The fourth-order valence-electron chi connectivity index (χ4n) is 1.97. The molecule has 5 heteroatoms. The van der Waals surface area contributed by atoms with E-state index < -0.39 is 0 Å². The van der Waals surface area contributed by atoms with Gasteiger partial charge in [0.15, 0.2) is 0 Å². The van der Waals surface area contributed by atoms with Gasteiger partial charge in [-0.15, -0.1) is 0 Å². The fourth-order valence-corrected chi connectivity index (χ4v) is 1.97. The van der Waals surface area contributed by atoms with E-state index in [1.54, 1.807) is 0 Å². The number of hydrogen-bond donors (Lipinski definition) is 1. The standard InChI is InChI=1S/C12H25N5/c1-15(2)6-5-7-16(3)12(8-13)11-9-14-17(4)10-11/h9-10,12H,5-8,13H2,1-4H3. The Morgan fingerprint density at radius 1 is 1.35 bits per heavy atom. The molecule has 0 saturated carbocycles. The third kappa shape index (κ3) is 4.46. The number of nitrogens with two attached hydrogens (primary N) is 1. The molecule has 1 atom stereocenters. The Labute approximate surface area is 104 Å². The molecule has 1 aromatic rings. The third-order valence-corrected chi connectivity index (χ3v) is 2.98. The highest BCUT2D eigenvalue weighted by Crippen LogP contribution is 2.17. The lowest BCUT2D eigenvalue weighted by Gasteiger charge is -2.26. The molecular weight excluding hydrogens is 214 g/mol. The van der Waals surface area contributed by atoms with Crippen LogP contribution < -0.4 is 5.73 Å². The van der Waals surface area contributed by atoms with Gasteiger partial charge in [0.1, 0.15) is 0 Å². The van der Waals surface area contributed by atoms with Crippen LogP contribution in [0.1, 0.15) is 18.0 Å². The molecule has 0 bridgehead atoms. The number of rotatable bonds is 7. The first-order valence-electron chi connectivity index (χ1n) is 6.08. The minimum Gasteiger partial charge on any atom is -0.329 e. The predicted octanol–water partition coefficient (Wildman–Crippen LogP) is 0.303. The lowest BCUT2D eigenvalue weighted by molar-refractivity contribution is 0.235. The Balaban J connectivity index is 2.49. The molecule has 0 radical (unpaired) electrons. The van der Waals surface area contributed by atoms with Crippen molar-refractivity contribution in [2.24, 2.45) is 12.8 Å². The van der Waals surface area contributed by atoms with Crippen LogP contribution in [-0.4, -0.2) is 60.4 Å². The molecule has 1 rings (SSSR count). The number of hydrogen-bond acceptors (Lipinski definition) is 4. The van der Waals surface area contributed by atoms with Crippen LogP contribution in [-0.2, 0) is 7.05 Å². The van der Waals surface area contributed by atoms with Gasteiger partial charge in [0, 0.05) is 31.4 Å². The van der Waals surface area contributed by atoms with E-state index in [-0.39, 0.29) is 6.04 Å². The van der Waals surface area contributed by atoms with Gasteiger partial charge in [0.05, 0.1) is 6.20 Å². The smallest absolute Gasteiger partial charge is 0.0538 e. The number of likely N-dealkylation sites (N-methyl/N-ethyl adjacent to an activating group) is 1. The van der Waals surface area contributed by atoms with Gasteiger partial charge in [-0.25, -0.2) is 0 Å². The summed E-state index contributed by atoms with van der Waals surface area (Å²) in [5.74, 6) is 0. The molecular formula is C12H25N5. The van der Waals surface area contributed by atoms with Crippen molar-refractivity contribution in [1.29, 1.82) is 0 Å². The van der Waals surface area contributed by atoms with Crippen LogP contribution >= 0.6 is 0 Å². The second-order valence-corrected chi connectivity index (χ2v) is 4.84. The highest BCUT2D eigenvalue weighted by atomic mass is 15.2. The molecule has 1 aromatic heterocycles. The van der Waals surface area contributed by atoms with Gasteiger partial charge in [-0.3, -0.25) is 9.58 Å². The van der Waals surface area contributed by atoms with Crippen molar-refractivity contribution in [2.75, 3.05) is 40.8 Å². The third-order valence-electron chi connectivity index (χ3n) is 2.98. The van der Waals surface area contributed by atoms with Gasteiger partial charge in [-0.05, 0) is 40.7 Å². The molecule has 0 aliphatic heterocycles. The molecule has 0 fully saturated rings. The summed E-state index contributed by atoms with van der Waals surface area (Å²) in [4.78, 5) is 4.51. The zero-order chi connectivity index (χ0) is 12.8. The molecule has 1 heterocycles. The Morgan fingerprint density at radius 2 is 2.06 bits per heavy atom. The van der Waals surface area contributed by atoms with E-state index in [0.717, 1.165) is 19.5 Å². The number of aryl methyl sites for hydroxylation is 1. The lowest BCUT2D eigenvalue weighted by atomic mass is 10.1. The predicted molar refractivity (Wildman–Crippen MR) is 70.8 cm³/mol. The van der Waals surface area contributed by atoms with Crippen LogP contribution in [0.5, 0.6) is 0 Å². The van der Waals surface area contributed by atoms with Crippen molar-refractivity contribution in [3.63, 3.8) is 0 Å². The normalized spacial score (nSPS) is 13.6. The van der Waals surface area contributed by atoms with E-state index in [9.17, 15) is 0 Å². The summed E-state index contributed by atoms with van der Waals surface area (Å²) in [7, 11) is 8.26. The van der Waals surface area contributed by atoms with Crippen LogP contribution in [0.2, 0.25) is 0 Å². The maximum atomic E-state index is 5.86. The zero-order valence-corrected chi connectivity index (χ0v) is 11.4. The maximum Gasteiger partial charge on any atom is 0.0538 e. The fraction of sp³-hybridized carbons (Fsp3) is 0.750. The van der Waals surface area contributed by atoms with Gasteiger partial charge in [0.2, 0.25) is 0 Å². The second-order valence-electron chi connectivity index (χ2n) is 4.84. The minimum atomic E-state index is 0.269. The number of aromatic nitrogens is 2. The zero-order valence-electron chi connectivity index (χ0n) is 11.4. The monoisotopic (exact) mass is 239 g/mol. The molecule has 5 nitrogen and oxygen atoms in total. The van der Waals surface area contributed by atoms with Crippen molar-refractivity contribution < 1.29 is 0 Å². The summed E-state index contributed by atoms with van der Waals surface area (Å²) in [6.07, 6.45) is 5.10. The molecule has 0 aliphatic rings. The molecule has 0 amide bonds. The molecule has 0 aliphatic carbocycles. The quantitative estimate of drug-likeness (QED) is 0.744. The van der Waals surface area contributed by atoms with Crippen molar-refractivity contribution in [1.82, 2.24) is 19.6 Å². The van der Waals surface area contributed by atoms with E-state index in [1.165, 1.54) is 5.56 Å². The van der Waals surface area contributed by atoms with Crippen LogP contribution in [0, 0.1) is 0 Å². The molecule has 0 aromatic carbocycles. The summed E-state index contributed by atoms with van der Waals surface area (Å²) >= 11 is 0. The Bertz CT molecular complexity index is 320. The largest absolute Gasteiger partial charge is 0.329 e. The van der Waals surface area contributed by atoms with E-state index in [1.807, 2.05) is 24.1 Å². The summed E-state index contributed by atoms with van der Waals surface area (Å²) in [6.45, 7) is 2.79. The van der Waals surface area contributed by atoms with Gasteiger partial charge in [-0.2, -0.15) is 5.10 Å².